The Bertz CT molecular complexity index is 887. The van der Waals surface area contributed by atoms with Gasteiger partial charge in [0.15, 0.2) is 0 Å². The van der Waals surface area contributed by atoms with Crippen LogP contribution in [0.1, 0.15) is 17.0 Å². The standard InChI is InChI=1S/C12H12F6N4O2S/c1-22(21-25(2,23)24)5-9-19-8-4-6(11(13,14)15)3-7(10(8)20-9)12(16,17)18/h3-4,21H,5H2,1-2H3,(H,19,20). The lowest BCUT2D eigenvalue weighted by atomic mass is 10.1. The molecule has 140 valence electrons. The van der Waals surface area contributed by atoms with Crippen LogP contribution in [0.2, 0.25) is 0 Å². The molecule has 0 bridgehead atoms. The Hall–Kier alpha value is -1.86. The Labute approximate surface area is 137 Å². The summed E-state index contributed by atoms with van der Waals surface area (Å²) in [5.74, 6) is -0.140. The normalized spacial score (nSPS) is 13.8. The molecule has 0 spiro atoms. The number of rotatable bonds is 4. The van der Waals surface area contributed by atoms with Crippen LogP contribution in [0.25, 0.3) is 11.0 Å². The third kappa shape index (κ3) is 4.83. The lowest BCUT2D eigenvalue weighted by molar-refractivity contribution is -0.142. The van der Waals surface area contributed by atoms with Gasteiger partial charge < -0.3 is 4.98 Å². The summed E-state index contributed by atoms with van der Waals surface area (Å²) >= 11 is 0. The molecule has 0 saturated heterocycles. The lowest BCUT2D eigenvalue weighted by Gasteiger charge is -2.14. The number of benzene rings is 1. The first kappa shape index (κ1) is 19.5. The number of nitrogens with zero attached hydrogens (tertiary/aromatic N) is 2. The van der Waals surface area contributed by atoms with E-state index in [4.69, 9.17) is 0 Å². The third-order valence-corrected chi connectivity index (χ3v) is 3.62. The van der Waals surface area contributed by atoms with Gasteiger partial charge in [0.25, 0.3) is 0 Å². The molecule has 0 aliphatic heterocycles. The third-order valence-electron chi connectivity index (χ3n) is 2.98. The number of H-pyrrole nitrogens is 1. The maximum atomic E-state index is 13.1. The van der Waals surface area contributed by atoms with Crippen LogP contribution in [0.3, 0.4) is 0 Å². The molecule has 0 aliphatic rings. The molecule has 0 amide bonds. The van der Waals surface area contributed by atoms with E-state index in [0.29, 0.717) is 6.07 Å². The minimum Gasteiger partial charge on any atom is -0.341 e. The van der Waals surface area contributed by atoms with Crippen molar-refractivity contribution in [1.82, 2.24) is 19.8 Å². The Balaban J connectivity index is 2.51. The first-order valence-corrected chi connectivity index (χ1v) is 8.41. The van der Waals surface area contributed by atoms with Gasteiger partial charge in [-0.2, -0.15) is 26.3 Å². The molecule has 0 saturated carbocycles. The van der Waals surface area contributed by atoms with E-state index in [1.54, 1.807) is 0 Å². The fourth-order valence-corrected chi connectivity index (χ4v) is 2.79. The zero-order valence-corrected chi connectivity index (χ0v) is 13.6. The van der Waals surface area contributed by atoms with E-state index in [9.17, 15) is 34.8 Å². The molecule has 0 aliphatic carbocycles. The van der Waals surface area contributed by atoms with Gasteiger partial charge in [0.05, 0.1) is 29.4 Å². The number of sulfonamides is 1. The SMILES string of the molecule is CN(Cc1nc2c(C(F)(F)F)cc(C(F)(F)F)cc2[nH]1)NS(C)(=O)=O. The van der Waals surface area contributed by atoms with Gasteiger partial charge in [-0.3, -0.25) is 0 Å². The molecule has 2 aromatic rings. The fourth-order valence-electron chi connectivity index (χ4n) is 2.16. The maximum absolute atomic E-state index is 13.1. The minimum atomic E-state index is -5.04. The van der Waals surface area contributed by atoms with Crippen molar-refractivity contribution in [3.05, 3.63) is 29.1 Å². The van der Waals surface area contributed by atoms with Gasteiger partial charge in [0, 0.05) is 7.05 Å². The van der Waals surface area contributed by atoms with E-state index in [1.165, 1.54) is 7.05 Å². The van der Waals surface area contributed by atoms with Crippen molar-refractivity contribution >= 4 is 21.1 Å². The summed E-state index contributed by atoms with van der Waals surface area (Å²) in [6, 6.07) is 0.510. The van der Waals surface area contributed by atoms with Crippen LogP contribution in [0.5, 0.6) is 0 Å². The van der Waals surface area contributed by atoms with Gasteiger partial charge in [-0.15, -0.1) is 4.83 Å². The molecule has 0 unspecified atom stereocenters. The largest absolute Gasteiger partial charge is 0.418 e. The summed E-state index contributed by atoms with van der Waals surface area (Å²) in [4.78, 5) is 8.04. The molecular formula is C12H12F6N4O2S. The number of imidazole rings is 1. The van der Waals surface area contributed by atoms with E-state index < -0.39 is 44.5 Å². The zero-order chi connectivity index (χ0) is 19.2. The Morgan fingerprint density at radius 2 is 1.76 bits per heavy atom. The molecular weight excluding hydrogens is 378 g/mol. The maximum Gasteiger partial charge on any atom is 0.418 e. The van der Waals surface area contributed by atoms with E-state index in [-0.39, 0.29) is 18.4 Å². The van der Waals surface area contributed by atoms with Crippen molar-refractivity contribution in [1.29, 1.82) is 0 Å². The summed E-state index contributed by atoms with van der Waals surface area (Å²) < 4.78 is 99.7. The Kier molecular flexibility index (Phi) is 4.78. The summed E-state index contributed by atoms with van der Waals surface area (Å²) in [6.45, 7) is -0.291. The molecule has 2 N–H and O–H groups in total. The van der Waals surface area contributed by atoms with Crippen molar-refractivity contribution in [2.75, 3.05) is 13.3 Å². The number of halogens is 6. The zero-order valence-electron chi connectivity index (χ0n) is 12.7. The predicted molar refractivity (Wildman–Crippen MR) is 75.5 cm³/mol. The molecule has 1 heterocycles. The van der Waals surface area contributed by atoms with Gasteiger partial charge in [0.1, 0.15) is 11.3 Å². The van der Waals surface area contributed by atoms with Crippen LogP contribution in [-0.2, 0) is 28.9 Å². The van der Waals surface area contributed by atoms with Crippen LogP contribution in [0.4, 0.5) is 26.3 Å². The van der Waals surface area contributed by atoms with Crippen molar-refractivity contribution in [3.63, 3.8) is 0 Å². The summed E-state index contributed by atoms with van der Waals surface area (Å²) in [7, 11) is -2.35. The molecule has 1 aromatic carbocycles. The highest BCUT2D eigenvalue weighted by Gasteiger charge is 2.39. The number of alkyl halides is 6. The lowest BCUT2D eigenvalue weighted by Crippen LogP contribution is -2.38. The highest BCUT2D eigenvalue weighted by Crippen LogP contribution is 2.39. The first-order valence-electron chi connectivity index (χ1n) is 6.52. The quantitative estimate of drug-likeness (QED) is 0.621. The van der Waals surface area contributed by atoms with E-state index in [2.05, 4.69) is 9.97 Å². The molecule has 0 atom stereocenters. The minimum absolute atomic E-state index is 0.00851. The molecule has 13 heteroatoms. The average Bonchev–Trinajstić information content (AvgIpc) is 2.74. The molecule has 2 rings (SSSR count). The second kappa shape index (κ2) is 6.14. The second-order valence-electron chi connectivity index (χ2n) is 5.32. The average molecular weight is 390 g/mol. The van der Waals surface area contributed by atoms with Crippen molar-refractivity contribution in [2.45, 2.75) is 18.9 Å². The molecule has 6 nitrogen and oxygen atoms in total. The van der Waals surface area contributed by atoms with Crippen LogP contribution >= 0.6 is 0 Å². The Morgan fingerprint density at radius 1 is 1.16 bits per heavy atom. The first-order chi connectivity index (χ1) is 11.2. The smallest absolute Gasteiger partial charge is 0.341 e. The van der Waals surface area contributed by atoms with E-state index >= 15 is 0 Å². The number of hydrazine groups is 1. The summed E-state index contributed by atoms with van der Waals surface area (Å²) in [6.07, 6.45) is -9.14. The van der Waals surface area contributed by atoms with Crippen molar-refractivity contribution in [3.8, 4) is 0 Å². The number of nitrogens with one attached hydrogen (secondary N) is 2. The second-order valence-corrected chi connectivity index (χ2v) is 7.05. The monoisotopic (exact) mass is 390 g/mol. The molecule has 1 aromatic heterocycles. The summed E-state index contributed by atoms with van der Waals surface area (Å²) in [5.41, 5.74) is -4.13. The number of fused-ring (bicyclic) bond motifs is 1. The highest BCUT2D eigenvalue weighted by molar-refractivity contribution is 7.88. The van der Waals surface area contributed by atoms with E-state index in [1.807, 2.05) is 4.83 Å². The van der Waals surface area contributed by atoms with Crippen LogP contribution in [0.15, 0.2) is 12.1 Å². The van der Waals surface area contributed by atoms with Crippen LogP contribution in [-0.4, -0.2) is 36.7 Å². The fraction of sp³-hybridized carbons (Fsp3) is 0.417. The predicted octanol–water partition coefficient (Wildman–Crippen LogP) is 2.50. The Morgan fingerprint density at radius 3 is 2.24 bits per heavy atom. The molecule has 0 radical (unpaired) electrons. The molecule has 0 fully saturated rings. The summed E-state index contributed by atoms with van der Waals surface area (Å²) in [5, 5.41) is 1.00. The highest BCUT2D eigenvalue weighted by atomic mass is 32.2. The van der Waals surface area contributed by atoms with Gasteiger partial charge in [-0.05, 0) is 12.1 Å². The topological polar surface area (TPSA) is 78.1 Å². The van der Waals surface area contributed by atoms with E-state index in [0.717, 1.165) is 11.3 Å². The van der Waals surface area contributed by atoms with Crippen molar-refractivity contribution < 1.29 is 34.8 Å². The van der Waals surface area contributed by atoms with Crippen LogP contribution in [0, 0.1) is 0 Å². The van der Waals surface area contributed by atoms with Gasteiger partial charge in [-0.25, -0.2) is 18.4 Å². The molecule has 25 heavy (non-hydrogen) atoms. The number of aromatic amines is 1. The number of hydrogen-bond acceptors (Lipinski definition) is 4. The van der Waals surface area contributed by atoms with Gasteiger partial charge in [-0.1, -0.05) is 0 Å². The number of hydrogen-bond donors (Lipinski definition) is 2. The van der Waals surface area contributed by atoms with Crippen LogP contribution < -0.4 is 4.83 Å². The van der Waals surface area contributed by atoms with Gasteiger partial charge in [0.2, 0.25) is 10.0 Å². The van der Waals surface area contributed by atoms with Crippen molar-refractivity contribution in [2.24, 2.45) is 0 Å². The van der Waals surface area contributed by atoms with Gasteiger partial charge >= 0.3 is 12.4 Å². The number of aromatic nitrogens is 2.